The van der Waals surface area contributed by atoms with Gasteiger partial charge in [-0.15, -0.1) is 0 Å². The normalized spacial score (nSPS) is 12.8. The van der Waals surface area contributed by atoms with Crippen molar-refractivity contribution in [2.45, 2.75) is 80.1 Å². The van der Waals surface area contributed by atoms with Crippen LogP contribution in [0.15, 0.2) is 53.6 Å². The van der Waals surface area contributed by atoms with Gasteiger partial charge in [0, 0.05) is 50.5 Å². The minimum absolute atomic E-state index is 0.00369. The van der Waals surface area contributed by atoms with E-state index in [2.05, 4.69) is 83.0 Å². The molecule has 0 aliphatic rings. The van der Waals surface area contributed by atoms with Crippen LogP contribution < -0.4 is 10.9 Å². The molecule has 0 bridgehead atoms. The second-order valence-corrected chi connectivity index (χ2v) is 14.4. The van der Waals surface area contributed by atoms with Crippen molar-refractivity contribution in [3.63, 3.8) is 0 Å². The maximum atomic E-state index is 14.1. The highest BCUT2D eigenvalue weighted by molar-refractivity contribution is 5.92. The number of hydrogen-bond donors (Lipinski definition) is 2. The van der Waals surface area contributed by atoms with E-state index in [1.807, 2.05) is 37.2 Å². The lowest BCUT2D eigenvalue weighted by Gasteiger charge is -2.34. The smallest absolute Gasteiger partial charge is 0.250 e. The highest BCUT2D eigenvalue weighted by Crippen LogP contribution is 2.38. The standard InChI is InChI=1S/C38H53N5O2/c1-24(2)21-43(22-25(3)4)37(45)38(8,9)31-18-32-34(28(7)19-39-14-13-29-11-12-33(44)42(10)23-29)35(41-36(32)40-20-31)30-16-26(5)15-27(6)17-30/h11-12,15-18,20,23-25,28,39H,13-14,19,21-22H2,1-10H3,(H,40,41)/t28-/m1/s1. The molecule has 242 valence electrons. The zero-order valence-electron chi connectivity index (χ0n) is 29.0. The highest BCUT2D eigenvalue weighted by atomic mass is 16.2. The second-order valence-electron chi connectivity index (χ2n) is 14.4. The molecular weight excluding hydrogens is 558 g/mol. The summed E-state index contributed by atoms with van der Waals surface area (Å²) in [6.07, 6.45) is 4.62. The summed E-state index contributed by atoms with van der Waals surface area (Å²) in [4.78, 5) is 36.5. The summed E-state index contributed by atoms with van der Waals surface area (Å²) in [7, 11) is 1.79. The molecular formula is C38H53N5O2. The lowest BCUT2D eigenvalue weighted by Crippen LogP contribution is -2.46. The number of nitrogens with one attached hydrogen (secondary N) is 2. The Kier molecular flexibility index (Phi) is 10.7. The van der Waals surface area contributed by atoms with Crippen molar-refractivity contribution >= 4 is 16.9 Å². The third-order valence-electron chi connectivity index (χ3n) is 8.60. The number of carbonyl (C=O) groups excluding carboxylic acids is 1. The predicted octanol–water partition coefficient (Wildman–Crippen LogP) is 6.90. The zero-order chi connectivity index (χ0) is 33.1. The molecule has 3 heterocycles. The van der Waals surface area contributed by atoms with Gasteiger partial charge in [0.05, 0.1) is 11.1 Å². The Morgan fingerprint density at radius 3 is 2.24 bits per heavy atom. The molecule has 0 spiro atoms. The van der Waals surface area contributed by atoms with Gasteiger partial charge < -0.3 is 19.8 Å². The molecule has 1 atom stereocenters. The zero-order valence-corrected chi connectivity index (χ0v) is 29.0. The van der Waals surface area contributed by atoms with Gasteiger partial charge in [0.15, 0.2) is 0 Å². The van der Waals surface area contributed by atoms with E-state index in [9.17, 15) is 9.59 Å². The van der Waals surface area contributed by atoms with Crippen LogP contribution in [0.25, 0.3) is 22.3 Å². The van der Waals surface area contributed by atoms with Crippen LogP contribution in [0.3, 0.4) is 0 Å². The van der Waals surface area contributed by atoms with E-state index in [1.54, 1.807) is 17.7 Å². The first-order valence-corrected chi connectivity index (χ1v) is 16.4. The maximum absolute atomic E-state index is 14.1. The van der Waals surface area contributed by atoms with E-state index in [0.717, 1.165) is 66.0 Å². The average molecular weight is 612 g/mol. The number of carbonyl (C=O) groups is 1. The Morgan fingerprint density at radius 2 is 1.64 bits per heavy atom. The lowest BCUT2D eigenvalue weighted by molar-refractivity contribution is -0.137. The molecule has 0 fully saturated rings. The summed E-state index contributed by atoms with van der Waals surface area (Å²) in [6.45, 7) is 22.3. The summed E-state index contributed by atoms with van der Waals surface area (Å²) in [6, 6.07) is 12.4. The van der Waals surface area contributed by atoms with Crippen LogP contribution >= 0.6 is 0 Å². The molecule has 7 nitrogen and oxygen atoms in total. The van der Waals surface area contributed by atoms with E-state index >= 15 is 0 Å². The summed E-state index contributed by atoms with van der Waals surface area (Å²) in [5, 5.41) is 4.72. The third kappa shape index (κ3) is 8.12. The quantitative estimate of drug-likeness (QED) is 0.161. The van der Waals surface area contributed by atoms with Crippen molar-refractivity contribution in [1.29, 1.82) is 0 Å². The Bertz CT molecular complexity index is 1660. The Hall–Kier alpha value is -3.71. The third-order valence-corrected chi connectivity index (χ3v) is 8.60. The van der Waals surface area contributed by atoms with Gasteiger partial charge >= 0.3 is 0 Å². The number of rotatable bonds is 13. The van der Waals surface area contributed by atoms with Gasteiger partial charge in [-0.25, -0.2) is 4.98 Å². The summed E-state index contributed by atoms with van der Waals surface area (Å²) in [5.41, 5.74) is 8.05. The molecule has 7 heteroatoms. The van der Waals surface area contributed by atoms with Crippen LogP contribution in [0, 0.1) is 25.7 Å². The van der Waals surface area contributed by atoms with Crippen molar-refractivity contribution in [2.75, 3.05) is 26.2 Å². The fraction of sp³-hybridized carbons (Fsp3) is 0.500. The topological polar surface area (TPSA) is 83.0 Å². The molecule has 0 saturated heterocycles. The van der Waals surface area contributed by atoms with Gasteiger partial charge in [-0.05, 0) is 98.9 Å². The first-order valence-electron chi connectivity index (χ1n) is 16.4. The number of nitrogens with zero attached hydrogens (tertiary/aromatic N) is 3. The van der Waals surface area contributed by atoms with E-state index in [1.165, 1.54) is 16.7 Å². The van der Waals surface area contributed by atoms with Crippen LogP contribution in [0.5, 0.6) is 0 Å². The lowest BCUT2D eigenvalue weighted by atomic mass is 9.82. The van der Waals surface area contributed by atoms with Crippen molar-refractivity contribution in [3.05, 3.63) is 87.0 Å². The molecule has 45 heavy (non-hydrogen) atoms. The van der Waals surface area contributed by atoms with Crippen molar-refractivity contribution in [2.24, 2.45) is 18.9 Å². The largest absolute Gasteiger partial charge is 0.341 e. The second kappa shape index (κ2) is 14.2. The summed E-state index contributed by atoms with van der Waals surface area (Å²) >= 11 is 0. The van der Waals surface area contributed by atoms with E-state index < -0.39 is 5.41 Å². The number of pyridine rings is 2. The SMILES string of the molecule is Cc1cc(C)cc(-c2[nH]c3ncc(C(C)(C)C(=O)N(CC(C)C)CC(C)C)cc3c2[C@H](C)CNCCc2ccc(=O)n(C)c2)c1. The van der Waals surface area contributed by atoms with Crippen LogP contribution in [0.4, 0.5) is 0 Å². The number of hydrogen-bond acceptors (Lipinski definition) is 4. The van der Waals surface area contributed by atoms with E-state index in [0.29, 0.717) is 11.8 Å². The molecule has 2 N–H and O–H groups in total. The maximum Gasteiger partial charge on any atom is 0.250 e. The molecule has 0 unspecified atom stereocenters. The Morgan fingerprint density at radius 1 is 1.00 bits per heavy atom. The Balaban J connectivity index is 1.70. The number of benzene rings is 1. The highest BCUT2D eigenvalue weighted by Gasteiger charge is 2.35. The average Bonchev–Trinajstić information content (AvgIpc) is 3.34. The fourth-order valence-electron chi connectivity index (χ4n) is 6.38. The summed E-state index contributed by atoms with van der Waals surface area (Å²) in [5.74, 6) is 1.10. The van der Waals surface area contributed by atoms with Crippen molar-refractivity contribution in [3.8, 4) is 11.3 Å². The van der Waals surface area contributed by atoms with Crippen LogP contribution in [0.2, 0.25) is 0 Å². The predicted molar refractivity (Wildman–Crippen MR) is 187 cm³/mol. The monoisotopic (exact) mass is 611 g/mol. The van der Waals surface area contributed by atoms with Gasteiger partial charge in [0.25, 0.3) is 0 Å². The van der Waals surface area contributed by atoms with E-state index in [4.69, 9.17) is 4.98 Å². The van der Waals surface area contributed by atoms with Crippen LogP contribution in [0.1, 0.15) is 82.2 Å². The first kappa shape index (κ1) is 34.2. The number of H-pyrrole nitrogens is 1. The number of aromatic nitrogens is 3. The molecule has 3 aromatic heterocycles. The molecule has 0 radical (unpaired) electrons. The first-order chi connectivity index (χ1) is 21.2. The van der Waals surface area contributed by atoms with Gasteiger partial charge in [-0.2, -0.15) is 0 Å². The number of fused-ring (bicyclic) bond motifs is 1. The summed E-state index contributed by atoms with van der Waals surface area (Å²) < 4.78 is 1.63. The molecule has 1 amide bonds. The molecule has 0 aliphatic carbocycles. The molecule has 4 aromatic rings. The van der Waals surface area contributed by atoms with Crippen molar-refractivity contribution in [1.82, 2.24) is 24.8 Å². The van der Waals surface area contributed by atoms with Crippen LogP contribution in [-0.2, 0) is 23.7 Å². The Labute approximate surface area is 269 Å². The molecule has 0 saturated carbocycles. The van der Waals surface area contributed by atoms with Gasteiger partial charge in [-0.1, -0.05) is 57.9 Å². The van der Waals surface area contributed by atoms with Gasteiger partial charge in [0.2, 0.25) is 11.5 Å². The number of aromatic amines is 1. The van der Waals surface area contributed by atoms with Gasteiger partial charge in [-0.3, -0.25) is 9.59 Å². The minimum atomic E-state index is -0.725. The number of amides is 1. The fourth-order valence-corrected chi connectivity index (χ4v) is 6.38. The molecule has 0 aliphatic heterocycles. The van der Waals surface area contributed by atoms with Crippen LogP contribution in [-0.4, -0.2) is 51.5 Å². The van der Waals surface area contributed by atoms with Gasteiger partial charge in [0.1, 0.15) is 5.65 Å². The van der Waals surface area contributed by atoms with E-state index in [-0.39, 0.29) is 17.4 Å². The molecule has 1 aromatic carbocycles. The molecule has 4 rings (SSSR count). The van der Waals surface area contributed by atoms with Crippen molar-refractivity contribution < 1.29 is 4.79 Å². The number of aryl methyl sites for hydroxylation is 3. The minimum Gasteiger partial charge on any atom is -0.341 e.